The van der Waals surface area contributed by atoms with Crippen LogP contribution < -0.4 is 10.1 Å². The van der Waals surface area contributed by atoms with Crippen LogP contribution in [0.1, 0.15) is 30.4 Å². The number of nitrogens with one attached hydrogen (secondary N) is 1. The summed E-state index contributed by atoms with van der Waals surface area (Å²) in [4.78, 5) is 0. The van der Waals surface area contributed by atoms with E-state index in [1.807, 2.05) is 6.92 Å². The molecule has 0 aliphatic heterocycles. The van der Waals surface area contributed by atoms with Crippen molar-refractivity contribution in [2.45, 2.75) is 25.7 Å². The first kappa shape index (κ1) is 15.5. The Labute approximate surface area is 121 Å². The summed E-state index contributed by atoms with van der Waals surface area (Å²) in [5.41, 5.74) is 0.601. The molecule has 6 heteroatoms. The summed E-state index contributed by atoms with van der Waals surface area (Å²) >= 11 is 0. The molecule has 0 saturated carbocycles. The van der Waals surface area contributed by atoms with Crippen molar-refractivity contribution in [1.29, 1.82) is 0 Å². The molecule has 2 aromatic rings. The smallest absolute Gasteiger partial charge is 0.387 e. The van der Waals surface area contributed by atoms with Crippen molar-refractivity contribution in [3.8, 4) is 5.75 Å². The van der Waals surface area contributed by atoms with Gasteiger partial charge in [-0.05, 0) is 25.1 Å². The lowest BCUT2D eigenvalue weighted by Crippen LogP contribution is -2.25. The molecule has 0 fully saturated rings. The fourth-order valence-electron chi connectivity index (χ4n) is 2.02. The van der Waals surface area contributed by atoms with Crippen LogP contribution in [-0.4, -0.2) is 18.3 Å². The van der Waals surface area contributed by atoms with Gasteiger partial charge >= 0.3 is 6.61 Å². The standard InChI is InChI=1S/C15H17F2NO3/c1-10(18-9-12(19)14-7-4-8-20-14)11-5-2-3-6-13(11)21-15(16)17/h2-8,10,12,15,18-19H,9H2,1H3. The molecular formula is C15H17F2NO3. The second kappa shape index (κ2) is 7.19. The van der Waals surface area contributed by atoms with Gasteiger partial charge in [0.2, 0.25) is 0 Å². The SMILES string of the molecule is CC(NCC(O)c1ccco1)c1ccccc1OC(F)F. The quantitative estimate of drug-likeness (QED) is 0.823. The van der Waals surface area contributed by atoms with Crippen LogP contribution >= 0.6 is 0 Å². The molecule has 0 radical (unpaired) electrons. The van der Waals surface area contributed by atoms with Crippen LogP contribution in [0.15, 0.2) is 47.1 Å². The molecule has 0 bridgehead atoms. The number of hydrogen-bond acceptors (Lipinski definition) is 4. The molecule has 2 rings (SSSR count). The maximum absolute atomic E-state index is 12.4. The molecule has 21 heavy (non-hydrogen) atoms. The number of hydrogen-bond donors (Lipinski definition) is 2. The molecule has 0 aliphatic rings. The monoisotopic (exact) mass is 297 g/mol. The normalized spacial score (nSPS) is 14.1. The lowest BCUT2D eigenvalue weighted by molar-refractivity contribution is -0.0507. The third-order valence-corrected chi connectivity index (χ3v) is 3.09. The van der Waals surface area contributed by atoms with E-state index in [4.69, 9.17) is 4.42 Å². The van der Waals surface area contributed by atoms with Crippen LogP contribution in [-0.2, 0) is 0 Å². The van der Waals surface area contributed by atoms with E-state index >= 15 is 0 Å². The van der Waals surface area contributed by atoms with E-state index in [0.29, 0.717) is 11.3 Å². The Morgan fingerprint density at radius 2 is 2.00 bits per heavy atom. The van der Waals surface area contributed by atoms with Crippen LogP contribution in [0.5, 0.6) is 5.75 Å². The Kier molecular flexibility index (Phi) is 5.30. The Morgan fingerprint density at radius 1 is 1.24 bits per heavy atom. The van der Waals surface area contributed by atoms with Gasteiger partial charge in [0.05, 0.1) is 6.26 Å². The van der Waals surface area contributed by atoms with Gasteiger partial charge in [-0.2, -0.15) is 8.78 Å². The first-order chi connectivity index (χ1) is 10.1. The highest BCUT2D eigenvalue weighted by Crippen LogP contribution is 2.26. The Morgan fingerprint density at radius 3 is 2.67 bits per heavy atom. The molecule has 2 atom stereocenters. The van der Waals surface area contributed by atoms with E-state index < -0.39 is 12.7 Å². The van der Waals surface area contributed by atoms with Gasteiger partial charge < -0.3 is 19.6 Å². The number of aliphatic hydroxyl groups excluding tert-OH is 1. The molecule has 4 nitrogen and oxygen atoms in total. The van der Waals surface area contributed by atoms with E-state index in [1.165, 1.54) is 12.3 Å². The minimum Gasteiger partial charge on any atom is -0.467 e. The summed E-state index contributed by atoms with van der Waals surface area (Å²) in [5, 5.41) is 13.0. The van der Waals surface area contributed by atoms with Gasteiger partial charge in [-0.1, -0.05) is 18.2 Å². The highest BCUT2D eigenvalue weighted by atomic mass is 19.3. The number of rotatable bonds is 7. The Balaban J connectivity index is 1.98. The third-order valence-electron chi connectivity index (χ3n) is 3.09. The molecule has 0 aliphatic carbocycles. The van der Waals surface area contributed by atoms with Crippen molar-refractivity contribution < 1.29 is 23.0 Å². The number of para-hydroxylation sites is 1. The van der Waals surface area contributed by atoms with Crippen molar-refractivity contribution in [2.24, 2.45) is 0 Å². The molecule has 2 N–H and O–H groups in total. The number of benzene rings is 1. The van der Waals surface area contributed by atoms with Crippen molar-refractivity contribution in [3.63, 3.8) is 0 Å². The van der Waals surface area contributed by atoms with Gasteiger partial charge in [0.15, 0.2) is 0 Å². The number of aliphatic hydroxyl groups is 1. The summed E-state index contributed by atoms with van der Waals surface area (Å²) < 4.78 is 34.3. The minimum atomic E-state index is -2.87. The average Bonchev–Trinajstić information content (AvgIpc) is 2.98. The third kappa shape index (κ3) is 4.27. The lowest BCUT2D eigenvalue weighted by atomic mass is 10.1. The largest absolute Gasteiger partial charge is 0.467 e. The maximum Gasteiger partial charge on any atom is 0.387 e. The molecular weight excluding hydrogens is 280 g/mol. The molecule has 0 saturated heterocycles. The zero-order chi connectivity index (χ0) is 15.2. The van der Waals surface area contributed by atoms with Crippen LogP contribution in [0.3, 0.4) is 0 Å². The molecule has 1 heterocycles. The number of ether oxygens (including phenoxy) is 1. The molecule has 1 aromatic carbocycles. The summed E-state index contributed by atoms with van der Waals surface area (Å²) in [7, 11) is 0. The van der Waals surface area contributed by atoms with E-state index in [0.717, 1.165) is 0 Å². The van der Waals surface area contributed by atoms with Gasteiger partial charge in [0.1, 0.15) is 17.6 Å². The Bertz CT molecular complexity index is 546. The van der Waals surface area contributed by atoms with E-state index in [-0.39, 0.29) is 18.3 Å². The summed E-state index contributed by atoms with van der Waals surface area (Å²) in [6.07, 6.45) is 0.680. The number of furan rings is 1. The van der Waals surface area contributed by atoms with Crippen LogP contribution in [0.25, 0.3) is 0 Å². The summed E-state index contributed by atoms with van der Waals surface area (Å²) in [5.74, 6) is 0.576. The van der Waals surface area contributed by atoms with E-state index in [2.05, 4.69) is 10.1 Å². The van der Waals surface area contributed by atoms with Gasteiger partial charge in [-0.25, -0.2) is 0 Å². The second-order valence-electron chi connectivity index (χ2n) is 4.58. The van der Waals surface area contributed by atoms with Crippen LogP contribution in [0.2, 0.25) is 0 Å². The zero-order valence-electron chi connectivity index (χ0n) is 11.5. The van der Waals surface area contributed by atoms with Crippen molar-refractivity contribution >= 4 is 0 Å². The van der Waals surface area contributed by atoms with Gasteiger partial charge in [0, 0.05) is 18.2 Å². The Hall–Kier alpha value is -1.92. The lowest BCUT2D eigenvalue weighted by Gasteiger charge is -2.19. The number of alkyl halides is 2. The van der Waals surface area contributed by atoms with Gasteiger partial charge in [0.25, 0.3) is 0 Å². The summed E-state index contributed by atoms with van der Waals surface area (Å²) in [6.45, 7) is -0.827. The second-order valence-corrected chi connectivity index (χ2v) is 4.58. The van der Waals surface area contributed by atoms with E-state index in [9.17, 15) is 13.9 Å². The predicted octanol–water partition coefficient (Wildman–Crippen LogP) is 3.27. The molecule has 2 unspecified atom stereocenters. The van der Waals surface area contributed by atoms with Crippen LogP contribution in [0, 0.1) is 0 Å². The summed E-state index contributed by atoms with van der Waals surface area (Å²) in [6, 6.07) is 9.67. The zero-order valence-corrected chi connectivity index (χ0v) is 11.5. The van der Waals surface area contributed by atoms with Crippen LogP contribution in [0.4, 0.5) is 8.78 Å². The van der Waals surface area contributed by atoms with Gasteiger partial charge in [-0.15, -0.1) is 0 Å². The predicted molar refractivity (Wildman–Crippen MR) is 73.2 cm³/mol. The fourth-order valence-corrected chi connectivity index (χ4v) is 2.02. The average molecular weight is 297 g/mol. The minimum absolute atomic E-state index is 0.125. The van der Waals surface area contributed by atoms with Crippen molar-refractivity contribution in [3.05, 3.63) is 54.0 Å². The highest BCUT2D eigenvalue weighted by Gasteiger charge is 2.16. The first-order valence-corrected chi connectivity index (χ1v) is 6.56. The van der Waals surface area contributed by atoms with Crippen molar-refractivity contribution in [1.82, 2.24) is 5.32 Å². The first-order valence-electron chi connectivity index (χ1n) is 6.56. The highest BCUT2D eigenvalue weighted by molar-refractivity contribution is 5.35. The van der Waals surface area contributed by atoms with Gasteiger partial charge in [-0.3, -0.25) is 0 Å². The molecule has 0 amide bonds. The fraction of sp³-hybridized carbons (Fsp3) is 0.333. The molecule has 114 valence electrons. The van der Waals surface area contributed by atoms with Crippen molar-refractivity contribution in [2.75, 3.05) is 6.54 Å². The number of halogens is 2. The maximum atomic E-state index is 12.4. The topological polar surface area (TPSA) is 54.6 Å². The van der Waals surface area contributed by atoms with E-state index in [1.54, 1.807) is 30.3 Å². The molecule has 1 aromatic heterocycles. The molecule has 0 spiro atoms.